The molecule has 0 atom stereocenters. The summed E-state index contributed by atoms with van der Waals surface area (Å²) in [6.45, 7) is 0. The molecule has 0 aliphatic carbocycles. The Morgan fingerprint density at radius 3 is 1.80 bits per heavy atom. The monoisotopic (exact) mass is 527 g/mol. The Morgan fingerprint density at radius 2 is 1.15 bits per heavy atom. The summed E-state index contributed by atoms with van der Waals surface area (Å²) in [6.07, 6.45) is 7.75. The molecular formula is C36H21N3O2. The summed E-state index contributed by atoms with van der Waals surface area (Å²) in [5.41, 5.74) is 10.9. The van der Waals surface area contributed by atoms with Crippen molar-refractivity contribution >= 4 is 49.5 Å². The van der Waals surface area contributed by atoms with Crippen LogP contribution < -0.4 is 0 Å². The molecule has 0 saturated carbocycles. The Bertz CT molecular complexity index is 2380. The molecule has 5 heterocycles. The second-order valence-electron chi connectivity index (χ2n) is 10.4. The van der Waals surface area contributed by atoms with E-state index in [0.29, 0.717) is 0 Å². The van der Waals surface area contributed by atoms with Crippen molar-refractivity contribution in [2.45, 2.75) is 0 Å². The van der Waals surface area contributed by atoms with Crippen LogP contribution in [0.5, 0.6) is 0 Å². The predicted molar refractivity (Wildman–Crippen MR) is 164 cm³/mol. The van der Waals surface area contributed by atoms with Gasteiger partial charge < -0.3 is 13.2 Å². The normalized spacial score (nSPS) is 11.9. The second kappa shape index (κ2) is 8.41. The largest absolute Gasteiger partial charge is 0.456 e. The van der Waals surface area contributed by atoms with E-state index in [1.165, 1.54) is 0 Å². The van der Waals surface area contributed by atoms with E-state index >= 15 is 0 Å². The highest BCUT2D eigenvalue weighted by molar-refractivity contribution is 6.15. The molecule has 0 aliphatic heterocycles. The smallest absolute Gasteiger partial charge is 0.137 e. The number of rotatable bonds is 3. The lowest BCUT2D eigenvalue weighted by Gasteiger charge is -2.03. The number of aromatic nitrogens is 3. The molecule has 5 heteroatoms. The van der Waals surface area contributed by atoms with E-state index in [2.05, 4.69) is 84.0 Å². The van der Waals surface area contributed by atoms with Crippen LogP contribution in [-0.2, 0) is 0 Å². The first-order chi connectivity index (χ1) is 20.3. The van der Waals surface area contributed by atoms with Crippen LogP contribution in [0.15, 0.2) is 137 Å². The quantitative estimate of drug-likeness (QED) is 0.230. The summed E-state index contributed by atoms with van der Waals surface area (Å²) < 4.78 is 14.7. The van der Waals surface area contributed by atoms with E-state index < -0.39 is 0 Å². The minimum atomic E-state index is 0.848. The zero-order chi connectivity index (χ0) is 26.9. The number of hydrogen-bond acceptors (Lipinski definition) is 4. The molecule has 0 fully saturated rings. The molecule has 0 spiro atoms. The van der Waals surface area contributed by atoms with Gasteiger partial charge in [0.1, 0.15) is 28.0 Å². The molecular weight excluding hydrogens is 506 g/mol. The number of fused-ring (bicyclic) bond motifs is 7. The third-order valence-electron chi connectivity index (χ3n) is 7.93. The third kappa shape index (κ3) is 3.49. The first-order valence-corrected chi connectivity index (χ1v) is 13.5. The van der Waals surface area contributed by atoms with Crippen LogP contribution in [0, 0.1) is 0 Å². The molecule has 9 aromatic rings. The second-order valence-corrected chi connectivity index (χ2v) is 10.4. The van der Waals surface area contributed by atoms with Crippen LogP contribution in [0.25, 0.3) is 83.0 Å². The number of benzene rings is 4. The van der Waals surface area contributed by atoms with E-state index in [9.17, 15) is 0 Å². The van der Waals surface area contributed by atoms with Crippen molar-refractivity contribution in [2.24, 2.45) is 0 Å². The first kappa shape index (κ1) is 22.2. The Kier molecular flexibility index (Phi) is 4.55. The van der Waals surface area contributed by atoms with Crippen LogP contribution in [0.2, 0.25) is 0 Å². The van der Waals surface area contributed by atoms with E-state index in [1.54, 1.807) is 6.20 Å². The van der Waals surface area contributed by atoms with Gasteiger partial charge in [-0.1, -0.05) is 48.5 Å². The number of nitrogens with zero attached hydrogens (tertiary/aromatic N) is 3. The lowest BCUT2D eigenvalue weighted by atomic mass is 10.0. The molecule has 0 amide bonds. The van der Waals surface area contributed by atoms with Gasteiger partial charge in [0.25, 0.3) is 0 Å². The Labute approximate surface area is 233 Å². The van der Waals surface area contributed by atoms with Gasteiger partial charge in [0.2, 0.25) is 0 Å². The SMILES string of the molecule is c1cncc(-c2ccc3oc4cc5c(cc4c3c2)oc2ccc(-c3ccc(-c4cn6ccccc6n4)cc3)cc25)c1. The van der Waals surface area contributed by atoms with Crippen molar-refractivity contribution < 1.29 is 8.83 Å². The van der Waals surface area contributed by atoms with Crippen molar-refractivity contribution in [3.05, 3.63) is 128 Å². The van der Waals surface area contributed by atoms with Gasteiger partial charge >= 0.3 is 0 Å². The van der Waals surface area contributed by atoms with E-state index in [-0.39, 0.29) is 0 Å². The highest BCUT2D eigenvalue weighted by Crippen LogP contribution is 2.39. The van der Waals surface area contributed by atoms with Crippen LogP contribution in [0.3, 0.4) is 0 Å². The molecule has 41 heavy (non-hydrogen) atoms. The van der Waals surface area contributed by atoms with Gasteiger partial charge in [-0.2, -0.15) is 0 Å². The lowest BCUT2D eigenvalue weighted by molar-refractivity contribution is 0.664. The van der Waals surface area contributed by atoms with Gasteiger partial charge in [-0.25, -0.2) is 4.98 Å². The standard InChI is InChI=1S/C36H21N3O2/c1-2-15-39-21-31(38-36(39)5-1)23-8-6-22(7-9-23)24-10-12-32-27(16-24)29-18-35-30(19-34(29)40-32)28-17-25(11-13-33(28)41-35)26-4-3-14-37-20-26/h1-21H. The topological polar surface area (TPSA) is 56.5 Å². The third-order valence-corrected chi connectivity index (χ3v) is 7.93. The van der Waals surface area contributed by atoms with Crippen LogP contribution in [0.1, 0.15) is 0 Å². The molecule has 0 radical (unpaired) electrons. The van der Waals surface area contributed by atoms with E-state index in [4.69, 9.17) is 13.8 Å². The maximum absolute atomic E-state index is 6.33. The van der Waals surface area contributed by atoms with Gasteiger partial charge in [-0.15, -0.1) is 0 Å². The molecule has 0 saturated heterocycles. The van der Waals surface area contributed by atoms with E-state index in [0.717, 1.165) is 83.0 Å². The van der Waals surface area contributed by atoms with Crippen molar-refractivity contribution in [1.82, 2.24) is 14.4 Å². The Morgan fingerprint density at radius 1 is 0.512 bits per heavy atom. The summed E-state index contributed by atoms with van der Waals surface area (Å²) in [5, 5.41) is 4.22. The summed E-state index contributed by atoms with van der Waals surface area (Å²) in [5.74, 6) is 0. The summed E-state index contributed by atoms with van der Waals surface area (Å²) >= 11 is 0. The maximum Gasteiger partial charge on any atom is 0.137 e. The summed E-state index contributed by atoms with van der Waals surface area (Å²) in [4.78, 5) is 9.02. The molecule has 4 aromatic carbocycles. The Balaban J connectivity index is 1.13. The first-order valence-electron chi connectivity index (χ1n) is 13.5. The van der Waals surface area contributed by atoms with Gasteiger partial charge in [0.05, 0.1) is 5.69 Å². The fraction of sp³-hybridized carbons (Fsp3) is 0. The average molecular weight is 528 g/mol. The van der Waals surface area contributed by atoms with Crippen LogP contribution in [0.4, 0.5) is 0 Å². The molecule has 0 bridgehead atoms. The van der Waals surface area contributed by atoms with Gasteiger partial charge in [0, 0.05) is 57.5 Å². The van der Waals surface area contributed by atoms with Crippen molar-refractivity contribution in [3.8, 4) is 33.5 Å². The summed E-state index contributed by atoms with van der Waals surface area (Å²) in [6, 6.07) is 35.5. The molecule has 0 N–H and O–H groups in total. The minimum Gasteiger partial charge on any atom is -0.456 e. The van der Waals surface area contributed by atoms with Crippen molar-refractivity contribution in [2.75, 3.05) is 0 Å². The predicted octanol–water partition coefficient (Wildman–Crippen LogP) is 9.53. The van der Waals surface area contributed by atoms with Crippen molar-refractivity contribution in [1.29, 1.82) is 0 Å². The minimum absolute atomic E-state index is 0.848. The van der Waals surface area contributed by atoms with E-state index in [1.807, 2.05) is 47.1 Å². The van der Waals surface area contributed by atoms with Gasteiger partial charge in [-0.05, 0) is 71.3 Å². The molecule has 9 rings (SSSR count). The van der Waals surface area contributed by atoms with Gasteiger partial charge in [0.15, 0.2) is 0 Å². The van der Waals surface area contributed by atoms with Gasteiger partial charge in [-0.3, -0.25) is 4.98 Å². The Hall–Kier alpha value is -5.68. The average Bonchev–Trinajstić information content (AvgIpc) is 3.72. The zero-order valence-corrected chi connectivity index (χ0v) is 21.8. The number of furan rings is 2. The zero-order valence-electron chi connectivity index (χ0n) is 21.8. The molecule has 5 nitrogen and oxygen atoms in total. The highest BCUT2D eigenvalue weighted by atomic mass is 16.3. The molecule has 5 aromatic heterocycles. The fourth-order valence-corrected chi connectivity index (χ4v) is 5.85. The number of hydrogen-bond donors (Lipinski definition) is 0. The van der Waals surface area contributed by atoms with Crippen molar-refractivity contribution in [3.63, 3.8) is 0 Å². The maximum atomic E-state index is 6.33. The number of imidazole rings is 1. The summed E-state index contributed by atoms with van der Waals surface area (Å²) in [7, 11) is 0. The molecule has 0 aliphatic rings. The molecule has 192 valence electrons. The van der Waals surface area contributed by atoms with Crippen LogP contribution in [-0.4, -0.2) is 14.4 Å². The fourth-order valence-electron chi connectivity index (χ4n) is 5.85. The highest BCUT2D eigenvalue weighted by Gasteiger charge is 2.15. The van der Waals surface area contributed by atoms with Crippen LogP contribution >= 0.6 is 0 Å². The lowest BCUT2D eigenvalue weighted by Crippen LogP contribution is -1.80. The number of pyridine rings is 2. The molecule has 0 unspecified atom stereocenters.